The van der Waals surface area contributed by atoms with Crippen LogP contribution in [0.3, 0.4) is 0 Å². The van der Waals surface area contributed by atoms with Gasteiger partial charge in [-0.1, -0.05) is 6.07 Å². The van der Waals surface area contributed by atoms with E-state index >= 15 is 0 Å². The summed E-state index contributed by atoms with van der Waals surface area (Å²) in [5.74, 6) is -0.438. The summed E-state index contributed by atoms with van der Waals surface area (Å²) in [5.41, 5.74) is 2.50. The number of nitrogens with zero attached hydrogens (tertiary/aromatic N) is 1. The van der Waals surface area contributed by atoms with E-state index < -0.39 is 4.92 Å². The van der Waals surface area contributed by atoms with Gasteiger partial charge in [-0.2, -0.15) is 0 Å². The number of ether oxygens (including phenoxy) is 1. The van der Waals surface area contributed by atoms with Crippen LogP contribution in [-0.4, -0.2) is 36.9 Å². The monoisotopic (exact) mass is 370 g/mol. The largest absolute Gasteiger partial charge is 0.385 e. The molecule has 2 rings (SSSR count). The molecule has 7 nitrogen and oxygen atoms in total. The van der Waals surface area contributed by atoms with Crippen LogP contribution in [0.2, 0.25) is 0 Å². The average molecular weight is 370 g/mol. The quantitative estimate of drug-likeness (QED) is 0.333. The predicted molar refractivity (Wildman–Crippen MR) is 101 cm³/mol. The second-order valence-corrected chi connectivity index (χ2v) is 6.22. The number of nitro groups is 1. The lowest BCUT2D eigenvalue weighted by molar-refractivity contribution is -0.384. The van der Waals surface area contributed by atoms with Crippen molar-refractivity contribution in [3.8, 4) is 0 Å². The molecule has 0 saturated heterocycles. The van der Waals surface area contributed by atoms with Crippen LogP contribution in [0.5, 0.6) is 0 Å². The molecule has 0 atom stereocenters. The molecule has 0 bridgehead atoms. The minimum atomic E-state index is -0.495. The van der Waals surface area contributed by atoms with E-state index in [1.54, 1.807) is 39.2 Å². The number of nitrogens with one attached hydrogen (secondary N) is 1. The van der Waals surface area contributed by atoms with Gasteiger partial charge in [-0.15, -0.1) is 0 Å². The third-order valence-electron chi connectivity index (χ3n) is 4.21. The van der Waals surface area contributed by atoms with E-state index in [0.717, 1.165) is 6.42 Å². The Labute approximate surface area is 157 Å². The minimum absolute atomic E-state index is 0.0549. The molecular weight excluding hydrogens is 348 g/mol. The van der Waals surface area contributed by atoms with Gasteiger partial charge in [0.1, 0.15) is 0 Å². The summed E-state index contributed by atoms with van der Waals surface area (Å²) in [6.07, 6.45) is 0.720. The molecular formula is C20H22N2O5. The molecule has 0 heterocycles. The first-order chi connectivity index (χ1) is 12.8. The molecule has 0 saturated carbocycles. The molecule has 1 amide bonds. The number of methoxy groups -OCH3 is 1. The topological polar surface area (TPSA) is 98.5 Å². The van der Waals surface area contributed by atoms with Crippen molar-refractivity contribution in [2.75, 3.05) is 20.3 Å². The number of carbonyl (C=O) groups is 2. The highest BCUT2D eigenvalue weighted by molar-refractivity contribution is 6.10. The number of hydrogen-bond donors (Lipinski definition) is 1. The van der Waals surface area contributed by atoms with Crippen LogP contribution in [0.25, 0.3) is 0 Å². The van der Waals surface area contributed by atoms with Gasteiger partial charge in [-0.25, -0.2) is 0 Å². The maximum atomic E-state index is 12.7. The van der Waals surface area contributed by atoms with Gasteiger partial charge in [-0.05, 0) is 49.6 Å². The Balaban J connectivity index is 2.18. The fourth-order valence-corrected chi connectivity index (χ4v) is 2.75. The Morgan fingerprint density at radius 3 is 2.33 bits per heavy atom. The fraction of sp³-hybridized carbons (Fsp3) is 0.300. The molecule has 1 N–H and O–H groups in total. The minimum Gasteiger partial charge on any atom is -0.385 e. The van der Waals surface area contributed by atoms with Crippen LogP contribution in [0, 0.1) is 24.0 Å². The van der Waals surface area contributed by atoms with E-state index in [-0.39, 0.29) is 17.4 Å². The van der Waals surface area contributed by atoms with Gasteiger partial charge >= 0.3 is 0 Å². The van der Waals surface area contributed by atoms with Crippen LogP contribution < -0.4 is 5.32 Å². The summed E-state index contributed by atoms with van der Waals surface area (Å²) in [4.78, 5) is 35.3. The highest BCUT2D eigenvalue weighted by Gasteiger charge is 2.17. The van der Waals surface area contributed by atoms with Crippen LogP contribution in [0.1, 0.15) is 43.8 Å². The molecule has 0 aliphatic heterocycles. The summed E-state index contributed by atoms with van der Waals surface area (Å²) in [5, 5.41) is 13.7. The number of rotatable bonds is 8. The summed E-state index contributed by atoms with van der Waals surface area (Å²) in [6.45, 7) is 4.51. The van der Waals surface area contributed by atoms with Gasteiger partial charge in [0, 0.05) is 49.1 Å². The van der Waals surface area contributed by atoms with Gasteiger partial charge in [0.25, 0.3) is 11.6 Å². The van der Waals surface area contributed by atoms with Gasteiger partial charge in [0.2, 0.25) is 0 Å². The van der Waals surface area contributed by atoms with Crippen molar-refractivity contribution in [3.63, 3.8) is 0 Å². The van der Waals surface area contributed by atoms with Gasteiger partial charge in [-0.3, -0.25) is 19.7 Å². The third-order valence-corrected chi connectivity index (χ3v) is 4.21. The number of aryl methyl sites for hydroxylation is 2. The summed E-state index contributed by atoms with van der Waals surface area (Å²) < 4.78 is 4.94. The molecule has 27 heavy (non-hydrogen) atoms. The molecule has 0 radical (unpaired) electrons. The standard InChI is InChI=1S/C20H22N2O5/c1-13-11-15(5-7-18(13)20(24)21-9-4-10-27-3)19(23)17-8-6-16(22(25)26)12-14(17)2/h5-8,11-12H,4,9-10H2,1-3H3,(H,21,24). The number of benzene rings is 2. The lowest BCUT2D eigenvalue weighted by atomic mass is 9.95. The Morgan fingerprint density at radius 2 is 1.74 bits per heavy atom. The smallest absolute Gasteiger partial charge is 0.269 e. The van der Waals surface area contributed by atoms with E-state index in [2.05, 4.69) is 5.32 Å². The van der Waals surface area contributed by atoms with Gasteiger partial charge < -0.3 is 10.1 Å². The Hall–Kier alpha value is -3.06. The van der Waals surface area contributed by atoms with Crippen LogP contribution in [0.15, 0.2) is 36.4 Å². The van der Waals surface area contributed by atoms with E-state index in [1.807, 2.05) is 0 Å². The van der Waals surface area contributed by atoms with Crippen LogP contribution in [-0.2, 0) is 4.74 Å². The summed E-state index contributed by atoms with van der Waals surface area (Å²) in [7, 11) is 1.61. The second kappa shape index (κ2) is 9.05. The number of amides is 1. The number of nitro benzene ring substituents is 1. The maximum Gasteiger partial charge on any atom is 0.269 e. The van der Waals surface area contributed by atoms with Crippen LogP contribution >= 0.6 is 0 Å². The van der Waals surface area contributed by atoms with Crippen molar-refractivity contribution >= 4 is 17.4 Å². The summed E-state index contributed by atoms with van der Waals surface area (Å²) in [6, 6.07) is 9.03. The molecule has 2 aromatic carbocycles. The van der Waals surface area contributed by atoms with Crippen molar-refractivity contribution in [2.45, 2.75) is 20.3 Å². The second-order valence-electron chi connectivity index (χ2n) is 6.22. The fourth-order valence-electron chi connectivity index (χ4n) is 2.75. The van der Waals surface area contributed by atoms with Crippen molar-refractivity contribution in [1.29, 1.82) is 0 Å². The Morgan fingerprint density at radius 1 is 1.07 bits per heavy atom. The van der Waals surface area contributed by atoms with Crippen LogP contribution in [0.4, 0.5) is 5.69 Å². The maximum absolute atomic E-state index is 12.7. The molecule has 0 spiro atoms. The van der Waals surface area contributed by atoms with E-state index in [4.69, 9.17) is 4.74 Å². The highest BCUT2D eigenvalue weighted by atomic mass is 16.6. The zero-order valence-electron chi connectivity index (χ0n) is 15.6. The molecule has 142 valence electrons. The lowest BCUT2D eigenvalue weighted by Crippen LogP contribution is -2.26. The first-order valence-corrected chi connectivity index (χ1v) is 8.52. The van der Waals surface area contributed by atoms with E-state index in [1.165, 1.54) is 18.2 Å². The highest BCUT2D eigenvalue weighted by Crippen LogP contribution is 2.21. The van der Waals surface area contributed by atoms with Gasteiger partial charge in [0.15, 0.2) is 5.78 Å². The zero-order chi connectivity index (χ0) is 20.0. The molecule has 0 fully saturated rings. The Kier molecular flexibility index (Phi) is 6.79. The SMILES string of the molecule is COCCCNC(=O)c1ccc(C(=O)c2ccc([N+](=O)[O-])cc2C)cc1C. The average Bonchev–Trinajstić information content (AvgIpc) is 2.64. The van der Waals surface area contributed by atoms with E-state index in [0.29, 0.717) is 41.0 Å². The Bertz CT molecular complexity index is 877. The number of non-ortho nitro benzene ring substituents is 1. The summed E-state index contributed by atoms with van der Waals surface area (Å²) >= 11 is 0. The van der Waals surface area contributed by atoms with Crippen molar-refractivity contribution in [1.82, 2.24) is 5.32 Å². The third kappa shape index (κ3) is 4.98. The van der Waals surface area contributed by atoms with Crippen molar-refractivity contribution in [2.24, 2.45) is 0 Å². The number of ketones is 1. The molecule has 0 unspecified atom stereocenters. The molecule has 0 aliphatic carbocycles. The van der Waals surface area contributed by atoms with Crippen molar-refractivity contribution < 1.29 is 19.2 Å². The molecule has 2 aromatic rings. The first-order valence-electron chi connectivity index (χ1n) is 8.52. The molecule has 0 aliphatic rings. The number of carbonyl (C=O) groups excluding carboxylic acids is 2. The molecule has 0 aromatic heterocycles. The first kappa shape index (κ1) is 20.3. The molecule has 7 heteroatoms. The van der Waals surface area contributed by atoms with E-state index in [9.17, 15) is 19.7 Å². The lowest BCUT2D eigenvalue weighted by Gasteiger charge is -2.10. The van der Waals surface area contributed by atoms with Gasteiger partial charge in [0.05, 0.1) is 4.92 Å². The van der Waals surface area contributed by atoms with Crippen molar-refractivity contribution in [3.05, 3.63) is 74.3 Å². The zero-order valence-corrected chi connectivity index (χ0v) is 15.6. The predicted octanol–water partition coefficient (Wildman–Crippen LogP) is 3.21. The normalized spacial score (nSPS) is 10.5. The number of hydrogen-bond acceptors (Lipinski definition) is 5.